The van der Waals surface area contributed by atoms with E-state index in [1.54, 1.807) is 11.3 Å². The van der Waals surface area contributed by atoms with Crippen LogP contribution in [0.1, 0.15) is 50.7 Å². The van der Waals surface area contributed by atoms with Crippen molar-refractivity contribution in [3.05, 3.63) is 16.1 Å². The molecule has 0 aromatic carbocycles. The summed E-state index contributed by atoms with van der Waals surface area (Å²) in [7, 11) is 0. The molecule has 1 heterocycles. The van der Waals surface area contributed by atoms with Crippen molar-refractivity contribution in [2.75, 3.05) is 0 Å². The van der Waals surface area contributed by atoms with Crippen LogP contribution < -0.4 is 5.73 Å². The van der Waals surface area contributed by atoms with Crippen molar-refractivity contribution in [2.45, 2.75) is 51.5 Å². The van der Waals surface area contributed by atoms with E-state index in [9.17, 15) is 4.79 Å². The van der Waals surface area contributed by atoms with E-state index < -0.39 is 5.97 Å². The maximum atomic E-state index is 10.8. The van der Waals surface area contributed by atoms with Gasteiger partial charge in [-0.3, -0.25) is 4.79 Å². The first-order valence-electron chi connectivity index (χ1n) is 5.65. The summed E-state index contributed by atoms with van der Waals surface area (Å²) in [5.74, 6) is -1.04. The molecule has 0 aliphatic heterocycles. The number of carbonyl (C=O) groups is 1. The van der Waals surface area contributed by atoms with E-state index in [1.807, 2.05) is 12.3 Å². The van der Waals surface area contributed by atoms with Crippen LogP contribution in [-0.2, 0) is 10.2 Å². The van der Waals surface area contributed by atoms with Gasteiger partial charge in [-0.2, -0.15) is 0 Å². The number of carboxylic acid groups (broad SMARTS) is 1. The molecule has 0 bridgehead atoms. The fourth-order valence-corrected chi connectivity index (χ4v) is 2.52. The highest BCUT2D eigenvalue weighted by Gasteiger charge is 2.25. The average molecular weight is 256 g/mol. The number of rotatable bonds is 4. The van der Waals surface area contributed by atoms with Gasteiger partial charge in [0.15, 0.2) is 0 Å². The molecule has 2 unspecified atom stereocenters. The summed E-state index contributed by atoms with van der Waals surface area (Å²) in [6.45, 7) is 8.10. The van der Waals surface area contributed by atoms with E-state index in [0.717, 1.165) is 10.7 Å². The maximum Gasteiger partial charge on any atom is 0.304 e. The minimum Gasteiger partial charge on any atom is -0.481 e. The number of nitrogens with two attached hydrogens (primary N) is 1. The molecule has 0 spiro atoms. The molecule has 3 N–H and O–H groups in total. The molecule has 4 nitrogen and oxygen atoms in total. The van der Waals surface area contributed by atoms with Crippen molar-refractivity contribution in [3.8, 4) is 0 Å². The van der Waals surface area contributed by atoms with Crippen LogP contribution in [0.15, 0.2) is 5.38 Å². The summed E-state index contributed by atoms with van der Waals surface area (Å²) in [6, 6.07) is -0.207. The molecule has 0 aliphatic rings. The fourth-order valence-electron chi connectivity index (χ4n) is 1.55. The van der Waals surface area contributed by atoms with E-state index in [1.165, 1.54) is 0 Å². The van der Waals surface area contributed by atoms with Gasteiger partial charge in [-0.15, -0.1) is 11.3 Å². The molecular formula is C12H20N2O2S. The second-order valence-electron chi connectivity index (χ2n) is 5.39. The summed E-state index contributed by atoms with van der Waals surface area (Å²) in [5.41, 5.74) is 6.63. The number of hydrogen-bond acceptors (Lipinski definition) is 4. The zero-order valence-corrected chi connectivity index (χ0v) is 11.5. The predicted octanol–water partition coefficient (Wildman–Crippen LogP) is 2.35. The lowest BCUT2D eigenvalue weighted by molar-refractivity contribution is -0.137. The van der Waals surface area contributed by atoms with E-state index >= 15 is 0 Å². The van der Waals surface area contributed by atoms with Crippen LogP contribution >= 0.6 is 11.3 Å². The lowest BCUT2D eigenvalue weighted by Gasteiger charge is -2.17. The molecule has 0 fully saturated rings. The summed E-state index contributed by atoms with van der Waals surface area (Å²) in [4.78, 5) is 15.3. The van der Waals surface area contributed by atoms with Crippen LogP contribution in [0.3, 0.4) is 0 Å². The van der Waals surface area contributed by atoms with Crippen molar-refractivity contribution < 1.29 is 9.90 Å². The van der Waals surface area contributed by atoms with Gasteiger partial charge in [0.2, 0.25) is 0 Å². The summed E-state index contributed by atoms with van der Waals surface area (Å²) in [5, 5.41) is 11.8. The smallest absolute Gasteiger partial charge is 0.304 e. The van der Waals surface area contributed by atoms with E-state index in [-0.39, 0.29) is 23.8 Å². The van der Waals surface area contributed by atoms with Crippen molar-refractivity contribution >= 4 is 17.3 Å². The molecule has 0 amide bonds. The van der Waals surface area contributed by atoms with Gasteiger partial charge < -0.3 is 10.8 Å². The Labute approximate surface area is 106 Å². The Morgan fingerprint density at radius 2 is 2.18 bits per heavy atom. The first-order valence-corrected chi connectivity index (χ1v) is 6.53. The van der Waals surface area contributed by atoms with Gasteiger partial charge in [0, 0.05) is 22.8 Å². The third-order valence-electron chi connectivity index (χ3n) is 2.57. The standard InChI is InChI=1S/C12H20N2O2S/c1-7(13)8(5-10(15)16)9-6-17-11(14-9)12(2,3)4/h6-8H,5,13H2,1-4H3,(H,15,16). The summed E-state index contributed by atoms with van der Waals surface area (Å²) < 4.78 is 0. The topological polar surface area (TPSA) is 76.2 Å². The Morgan fingerprint density at radius 3 is 2.53 bits per heavy atom. The highest BCUT2D eigenvalue weighted by Crippen LogP contribution is 2.30. The van der Waals surface area contributed by atoms with Crippen molar-refractivity contribution in [1.82, 2.24) is 4.98 Å². The Morgan fingerprint density at radius 1 is 1.59 bits per heavy atom. The largest absolute Gasteiger partial charge is 0.481 e. The predicted molar refractivity (Wildman–Crippen MR) is 69.5 cm³/mol. The number of carboxylic acids is 1. The number of hydrogen-bond donors (Lipinski definition) is 2. The molecule has 96 valence electrons. The second-order valence-corrected chi connectivity index (χ2v) is 6.25. The summed E-state index contributed by atoms with van der Waals surface area (Å²) >= 11 is 1.57. The lowest BCUT2D eigenvalue weighted by atomic mass is 9.94. The third kappa shape index (κ3) is 3.78. The fraction of sp³-hybridized carbons (Fsp3) is 0.667. The van der Waals surface area contributed by atoms with Gasteiger partial charge >= 0.3 is 5.97 Å². The molecule has 1 aromatic heterocycles. The molecule has 0 saturated carbocycles. The van der Waals surface area contributed by atoms with Crippen molar-refractivity contribution in [3.63, 3.8) is 0 Å². The van der Waals surface area contributed by atoms with Crippen LogP contribution in [0.25, 0.3) is 0 Å². The van der Waals surface area contributed by atoms with E-state index in [2.05, 4.69) is 25.8 Å². The van der Waals surface area contributed by atoms with Crippen LogP contribution in [0, 0.1) is 0 Å². The molecule has 0 aliphatic carbocycles. The van der Waals surface area contributed by atoms with Gasteiger partial charge in [0.1, 0.15) is 0 Å². The van der Waals surface area contributed by atoms with Crippen molar-refractivity contribution in [1.29, 1.82) is 0 Å². The molecule has 0 radical (unpaired) electrons. The van der Waals surface area contributed by atoms with Crippen LogP contribution in [0.2, 0.25) is 0 Å². The van der Waals surface area contributed by atoms with Gasteiger partial charge in [-0.1, -0.05) is 20.8 Å². The Bertz CT molecular complexity index is 393. The molecule has 2 atom stereocenters. The van der Waals surface area contributed by atoms with Gasteiger partial charge in [0.25, 0.3) is 0 Å². The average Bonchev–Trinajstić information content (AvgIpc) is 2.60. The second kappa shape index (κ2) is 5.14. The number of nitrogens with zero attached hydrogens (tertiary/aromatic N) is 1. The SMILES string of the molecule is CC(N)C(CC(=O)O)c1csc(C(C)(C)C)n1. The van der Waals surface area contributed by atoms with Crippen molar-refractivity contribution in [2.24, 2.45) is 5.73 Å². The number of aromatic nitrogens is 1. The Balaban J connectivity index is 2.96. The third-order valence-corrected chi connectivity index (χ3v) is 3.86. The van der Waals surface area contributed by atoms with E-state index in [0.29, 0.717) is 0 Å². The highest BCUT2D eigenvalue weighted by molar-refractivity contribution is 7.09. The van der Waals surface area contributed by atoms with E-state index in [4.69, 9.17) is 10.8 Å². The monoisotopic (exact) mass is 256 g/mol. The van der Waals surface area contributed by atoms with Gasteiger partial charge in [-0.05, 0) is 6.92 Å². The molecule has 17 heavy (non-hydrogen) atoms. The molecule has 1 rings (SSSR count). The highest BCUT2D eigenvalue weighted by atomic mass is 32.1. The zero-order valence-electron chi connectivity index (χ0n) is 10.7. The van der Waals surface area contributed by atoms with Crippen LogP contribution in [0.5, 0.6) is 0 Å². The minimum absolute atomic E-state index is 0.00543. The van der Waals surface area contributed by atoms with Crippen LogP contribution in [0.4, 0.5) is 0 Å². The Kier molecular flexibility index (Phi) is 4.27. The maximum absolute atomic E-state index is 10.8. The molecule has 5 heteroatoms. The first-order chi connectivity index (χ1) is 7.71. The lowest BCUT2D eigenvalue weighted by Crippen LogP contribution is -2.27. The molecule has 0 saturated heterocycles. The normalized spacial score (nSPS) is 15.6. The number of aliphatic carboxylic acids is 1. The van der Waals surface area contributed by atoms with Gasteiger partial charge in [-0.25, -0.2) is 4.98 Å². The quantitative estimate of drug-likeness (QED) is 0.867. The summed E-state index contributed by atoms with van der Waals surface area (Å²) in [6.07, 6.45) is 0.0327. The number of thiazole rings is 1. The molecule has 1 aromatic rings. The minimum atomic E-state index is -0.836. The first kappa shape index (κ1) is 14.1. The molecular weight excluding hydrogens is 236 g/mol. The Hall–Kier alpha value is -0.940. The van der Waals surface area contributed by atoms with Gasteiger partial charge in [0.05, 0.1) is 17.1 Å². The zero-order chi connectivity index (χ0) is 13.2. The van der Waals surface area contributed by atoms with Crippen LogP contribution in [-0.4, -0.2) is 22.1 Å².